The lowest BCUT2D eigenvalue weighted by Gasteiger charge is -2.27. The van der Waals surface area contributed by atoms with E-state index in [1.165, 1.54) is 4.90 Å². The molecular formula is C18H27NO4. The summed E-state index contributed by atoms with van der Waals surface area (Å²) in [5.41, 5.74) is 2.09. The van der Waals surface area contributed by atoms with Gasteiger partial charge in [-0.15, -0.1) is 0 Å². The molecule has 2 N–H and O–H groups in total. The van der Waals surface area contributed by atoms with Gasteiger partial charge in [0.1, 0.15) is 5.75 Å². The summed E-state index contributed by atoms with van der Waals surface area (Å²) in [5.74, 6) is 0.118. The van der Waals surface area contributed by atoms with Crippen molar-refractivity contribution < 1.29 is 19.7 Å². The van der Waals surface area contributed by atoms with Crippen LogP contribution in [0.25, 0.3) is 0 Å². The van der Waals surface area contributed by atoms with Gasteiger partial charge in [0.15, 0.2) is 0 Å². The number of phenolic OH excluding ortho intramolecular Hbond substituents is 1. The SMILES string of the molecule is CC(C)c1cc(C(=O)N(C)[C@H]2COC[C@@H]2O)c(O)c(C(C)C)c1. The first kappa shape index (κ1) is 17.8. The standard InChI is InChI=1S/C18H27NO4/c1-10(2)12-6-13(11(3)4)17(21)14(7-12)18(22)19(5)15-8-23-9-16(15)20/h6-7,10-11,15-16,20-21H,8-9H2,1-5H3/t15-,16-/m0/s1. The molecule has 1 saturated heterocycles. The number of aromatic hydroxyl groups is 1. The Morgan fingerprint density at radius 3 is 2.35 bits per heavy atom. The van der Waals surface area contributed by atoms with Crippen molar-refractivity contribution in [2.45, 2.75) is 51.7 Å². The maximum Gasteiger partial charge on any atom is 0.257 e. The quantitative estimate of drug-likeness (QED) is 0.894. The first-order chi connectivity index (χ1) is 10.7. The van der Waals surface area contributed by atoms with E-state index < -0.39 is 6.10 Å². The van der Waals surface area contributed by atoms with Gasteiger partial charge in [-0.2, -0.15) is 0 Å². The van der Waals surface area contributed by atoms with Gasteiger partial charge in [0.05, 0.1) is 30.9 Å². The molecule has 1 fully saturated rings. The van der Waals surface area contributed by atoms with E-state index in [4.69, 9.17) is 4.74 Å². The molecule has 1 aromatic rings. The smallest absolute Gasteiger partial charge is 0.257 e. The van der Waals surface area contributed by atoms with Gasteiger partial charge >= 0.3 is 0 Å². The molecule has 23 heavy (non-hydrogen) atoms. The highest BCUT2D eigenvalue weighted by Gasteiger charge is 2.34. The first-order valence-electron chi connectivity index (χ1n) is 8.13. The van der Waals surface area contributed by atoms with Crippen molar-refractivity contribution in [3.8, 4) is 5.75 Å². The second-order valence-electron chi connectivity index (χ2n) is 6.90. The maximum absolute atomic E-state index is 12.8. The van der Waals surface area contributed by atoms with Crippen LogP contribution in [0.1, 0.15) is 61.0 Å². The average molecular weight is 321 g/mol. The number of amides is 1. The zero-order valence-electron chi connectivity index (χ0n) is 14.5. The van der Waals surface area contributed by atoms with Crippen LogP contribution < -0.4 is 0 Å². The summed E-state index contributed by atoms with van der Waals surface area (Å²) in [4.78, 5) is 14.3. The predicted octanol–water partition coefficient (Wildman–Crippen LogP) is 2.47. The van der Waals surface area contributed by atoms with Crippen LogP contribution in [0.2, 0.25) is 0 Å². The molecule has 0 radical (unpaired) electrons. The third kappa shape index (κ3) is 3.51. The normalized spacial score (nSPS) is 21.2. The zero-order chi connectivity index (χ0) is 17.3. The monoisotopic (exact) mass is 321 g/mol. The number of ether oxygens (including phenoxy) is 1. The van der Waals surface area contributed by atoms with Crippen LogP contribution in [0.5, 0.6) is 5.75 Å². The van der Waals surface area contributed by atoms with Gasteiger partial charge < -0.3 is 19.8 Å². The van der Waals surface area contributed by atoms with E-state index in [0.717, 1.165) is 11.1 Å². The lowest BCUT2D eigenvalue weighted by Crippen LogP contribution is -2.44. The number of aliphatic hydroxyl groups excluding tert-OH is 1. The second kappa shape index (κ2) is 6.89. The summed E-state index contributed by atoms with van der Waals surface area (Å²) in [6.45, 7) is 8.64. The third-order valence-corrected chi connectivity index (χ3v) is 4.52. The molecular weight excluding hydrogens is 294 g/mol. The molecule has 0 saturated carbocycles. The predicted molar refractivity (Wildman–Crippen MR) is 89.0 cm³/mol. The molecule has 1 amide bonds. The number of aliphatic hydroxyl groups is 1. The Hall–Kier alpha value is -1.59. The van der Waals surface area contributed by atoms with E-state index in [2.05, 4.69) is 13.8 Å². The third-order valence-electron chi connectivity index (χ3n) is 4.52. The molecule has 0 bridgehead atoms. The minimum atomic E-state index is -0.691. The van der Waals surface area contributed by atoms with Crippen molar-refractivity contribution >= 4 is 5.91 Å². The van der Waals surface area contributed by atoms with Crippen molar-refractivity contribution in [2.24, 2.45) is 0 Å². The molecule has 128 valence electrons. The Kier molecular flexibility index (Phi) is 5.32. The van der Waals surface area contributed by atoms with Gasteiger partial charge in [-0.05, 0) is 29.0 Å². The average Bonchev–Trinajstić information content (AvgIpc) is 2.91. The van der Waals surface area contributed by atoms with Crippen molar-refractivity contribution in [3.05, 3.63) is 28.8 Å². The molecule has 1 aliphatic rings. The van der Waals surface area contributed by atoms with Crippen LogP contribution in [0.15, 0.2) is 12.1 Å². The van der Waals surface area contributed by atoms with E-state index in [0.29, 0.717) is 12.2 Å². The van der Waals surface area contributed by atoms with E-state index in [1.54, 1.807) is 13.1 Å². The van der Waals surface area contributed by atoms with Crippen LogP contribution in [0.3, 0.4) is 0 Å². The number of phenols is 1. The number of carbonyl (C=O) groups excluding carboxylic acids is 1. The molecule has 1 heterocycles. The summed E-state index contributed by atoms with van der Waals surface area (Å²) >= 11 is 0. The zero-order valence-corrected chi connectivity index (χ0v) is 14.5. The number of likely N-dealkylation sites (N-methyl/N-ethyl adjacent to an activating group) is 1. The van der Waals surface area contributed by atoms with E-state index >= 15 is 0 Å². The van der Waals surface area contributed by atoms with Gasteiger partial charge in [-0.3, -0.25) is 4.79 Å². The van der Waals surface area contributed by atoms with Crippen LogP contribution in [0.4, 0.5) is 0 Å². The highest BCUT2D eigenvalue weighted by atomic mass is 16.5. The number of carbonyl (C=O) groups is 1. The number of rotatable bonds is 4. The number of nitrogens with zero attached hydrogens (tertiary/aromatic N) is 1. The molecule has 0 aromatic heterocycles. The van der Waals surface area contributed by atoms with E-state index in [1.807, 2.05) is 19.9 Å². The van der Waals surface area contributed by atoms with Gasteiger partial charge in [0, 0.05) is 7.05 Å². The summed E-state index contributed by atoms with van der Waals surface area (Å²) < 4.78 is 5.22. The second-order valence-corrected chi connectivity index (χ2v) is 6.90. The van der Waals surface area contributed by atoms with Crippen molar-refractivity contribution in [3.63, 3.8) is 0 Å². The summed E-state index contributed by atoms with van der Waals surface area (Å²) in [7, 11) is 1.64. The topological polar surface area (TPSA) is 70.0 Å². The van der Waals surface area contributed by atoms with Crippen LogP contribution in [0, 0.1) is 0 Å². The molecule has 2 rings (SSSR count). The first-order valence-corrected chi connectivity index (χ1v) is 8.13. The highest BCUT2D eigenvalue weighted by Crippen LogP contribution is 2.34. The fourth-order valence-electron chi connectivity index (χ4n) is 2.86. The number of hydrogen-bond donors (Lipinski definition) is 2. The Bertz CT molecular complexity index is 583. The fraction of sp³-hybridized carbons (Fsp3) is 0.611. The van der Waals surface area contributed by atoms with Crippen molar-refractivity contribution in [2.75, 3.05) is 20.3 Å². The molecule has 1 aromatic carbocycles. The van der Waals surface area contributed by atoms with Crippen molar-refractivity contribution in [1.82, 2.24) is 4.90 Å². The Balaban J connectivity index is 2.42. The largest absolute Gasteiger partial charge is 0.507 e. The van der Waals surface area contributed by atoms with Gasteiger partial charge in [0.25, 0.3) is 5.91 Å². The molecule has 1 aliphatic heterocycles. The number of benzene rings is 1. The molecule has 0 spiro atoms. The minimum Gasteiger partial charge on any atom is -0.507 e. The van der Waals surface area contributed by atoms with Crippen molar-refractivity contribution in [1.29, 1.82) is 0 Å². The molecule has 5 nitrogen and oxygen atoms in total. The summed E-state index contributed by atoms with van der Waals surface area (Å²) in [5, 5.41) is 20.5. The minimum absolute atomic E-state index is 0.0367. The Labute approximate surface area is 137 Å². The highest BCUT2D eigenvalue weighted by molar-refractivity contribution is 5.97. The fourth-order valence-corrected chi connectivity index (χ4v) is 2.86. The van der Waals surface area contributed by atoms with E-state index in [9.17, 15) is 15.0 Å². The lowest BCUT2D eigenvalue weighted by molar-refractivity contribution is 0.0578. The van der Waals surface area contributed by atoms with Gasteiger partial charge in [-0.25, -0.2) is 0 Å². The maximum atomic E-state index is 12.8. The van der Waals surface area contributed by atoms with Crippen LogP contribution in [-0.4, -0.2) is 53.4 Å². The van der Waals surface area contributed by atoms with Gasteiger partial charge in [-0.1, -0.05) is 33.8 Å². The molecule has 0 unspecified atom stereocenters. The van der Waals surface area contributed by atoms with Crippen LogP contribution in [-0.2, 0) is 4.74 Å². The molecule has 5 heteroatoms. The van der Waals surface area contributed by atoms with E-state index in [-0.39, 0.29) is 36.1 Å². The molecule has 2 atom stereocenters. The van der Waals surface area contributed by atoms with Gasteiger partial charge in [0.2, 0.25) is 0 Å². The summed E-state index contributed by atoms with van der Waals surface area (Å²) in [6.07, 6.45) is -0.691. The lowest BCUT2D eigenvalue weighted by atomic mass is 9.91. The van der Waals surface area contributed by atoms with Crippen LogP contribution >= 0.6 is 0 Å². The summed E-state index contributed by atoms with van der Waals surface area (Å²) in [6, 6.07) is 3.34. The number of hydrogen-bond acceptors (Lipinski definition) is 4. The Morgan fingerprint density at radius 2 is 1.87 bits per heavy atom. The molecule has 0 aliphatic carbocycles. The Morgan fingerprint density at radius 1 is 1.22 bits per heavy atom.